The maximum Gasteiger partial charge on any atom is 0.246 e. The first-order chi connectivity index (χ1) is 10.6. The van der Waals surface area contributed by atoms with Crippen LogP contribution in [0.1, 0.15) is 35.3 Å². The Morgan fingerprint density at radius 3 is 2.09 bits per heavy atom. The fourth-order valence-corrected chi connectivity index (χ4v) is 4.39. The summed E-state index contributed by atoms with van der Waals surface area (Å²) < 4.78 is 30.7. The minimum atomic E-state index is -3.60. The Balaban J connectivity index is 2.40. The summed E-state index contributed by atoms with van der Waals surface area (Å²) in [6.45, 7) is 10.5. The van der Waals surface area contributed by atoms with Gasteiger partial charge in [-0.2, -0.15) is 14.5 Å². The Hall–Kier alpha value is -1.67. The van der Waals surface area contributed by atoms with Crippen molar-refractivity contribution in [3.63, 3.8) is 0 Å². The zero-order valence-corrected chi connectivity index (χ0v) is 15.7. The molecule has 8 heteroatoms. The third-order valence-electron chi connectivity index (χ3n) is 4.32. The highest BCUT2D eigenvalue weighted by atomic mass is 32.2. The van der Waals surface area contributed by atoms with Crippen LogP contribution >= 0.6 is 0 Å². The number of rotatable bonds is 5. The van der Waals surface area contributed by atoms with Crippen molar-refractivity contribution in [3.8, 4) is 0 Å². The summed E-state index contributed by atoms with van der Waals surface area (Å²) in [5.41, 5.74) is 4.00. The largest absolute Gasteiger partial charge is 0.271 e. The summed E-state index contributed by atoms with van der Waals surface area (Å²) in [6.07, 6.45) is 0. The molecule has 7 nitrogen and oxygen atoms in total. The van der Waals surface area contributed by atoms with E-state index >= 15 is 0 Å². The smallest absolute Gasteiger partial charge is 0.246 e. The SMILES string of the molecule is CCn1nc(C)c(CN(C)S(=O)(=O)c2c(C)nn(C)c2C)c1C. The molecule has 0 aliphatic carbocycles. The average Bonchev–Trinajstić information content (AvgIpc) is 2.88. The summed E-state index contributed by atoms with van der Waals surface area (Å²) in [6, 6.07) is 0. The predicted octanol–water partition coefficient (Wildman–Crippen LogP) is 1.69. The third-order valence-corrected chi connectivity index (χ3v) is 6.38. The molecule has 2 rings (SSSR count). The number of nitrogens with zero attached hydrogens (tertiary/aromatic N) is 5. The van der Waals surface area contributed by atoms with Crippen LogP contribution in [-0.2, 0) is 30.2 Å². The lowest BCUT2D eigenvalue weighted by atomic mass is 10.2. The molecule has 0 radical (unpaired) electrons. The van der Waals surface area contributed by atoms with Gasteiger partial charge in [0.15, 0.2) is 0 Å². The Morgan fingerprint density at radius 1 is 1.04 bits per heavy atom. The van der Waals surface area contributed by atoms with Crippen molar-refractivity contribution in [2.75, 3.05) is 7.05 Å². The molecular formula is C15H25N5O2S. The van der Waals surface area contributed by atoms with Gasteiger partial charge in [-0.15, -0.1) is 0 Å². The lowest BCUT2D eigenvalue weighted by Gasteiger charge is -2.18. The third kappa shape index (κ3) is 2.92. The second kappa shape index (κ2) is 6.09. The summed E-state index contributed by atoms with van der Waals surface area (Å²) in [4.78, 5) is 0.292. The number of aromatic nitrogens is 4. The monoisotopic (exact) mass is 339 g/mol. The van der Waals surface area contributed by atoms with E-state index in [4.69, 9.17) is 0 Å². The van der Waals surface area contributed by atoms with Crippen LogP contribution in [0.15, 0.2) is 4.90 Å². The second-order valence-corrected chi connectivity index (χ2v) is 7.83. The summed E-state index contributed by atoms with van der Waals surface area (Å²) in [5, 5.41) is 8.67. The lowest BCUT2D eigenvalue weighted by Crippen LogP contribution is -2.28. The molecule has 0 N–H and O–H groups in total. The van der Waals surface area contributed by atoms with Crippen molar-refractivity contribution in [1.29, 1.82) is 0 Å². The minimum absolute atomic E-state index is 0.292. The van der Waals surface area contributed by atoms with Crippen LogP contribution in [0.4, 0.5) is 0 Å². The van der Waals surface area contributed by atoms with Gasteiger partial charge in [-0.3, -0.25) is 9.36 Å². The van der Waals surface area contributed by atoms with Gasteiger partial charge in [0.1, 0.15) is 4.90 Å². The van der Waals surface area contributed by atoms with Gasteiger partial charge in [-0.05, 0) is 34.6 Å². The Morgan fingerprint density at radius 2 is 1.65 bits per heavy atom. The fourth-order valence-electron chi connectivity index (χ4n) is 2.86. The van der Waals surface area contributed by atoms with Crippen LogP contribution < -0.4 is 0 Å². The predicted molar refractivity (Wildman–Crippen MR) is 88.7 cm³/mol. The number of aryl methyl sites for hydroxylation is 4. The molecule has 0 fully saturated rings. The molecule has 0 unspecified atom stereocenters. The quantitative estimate of drug-likeness (QED) is 0.831. The van der Waals surface area contributed by atoms with Crippen LogP contribution in [0, 0.1) is 27.7 Å². The molecule has 128 valence electrons. The molecule has 2 heterocycles. The van der Waals surface area contributed by atoms with E-state index in [0.29, 0.717) is 22.8 Å². The normalized spacial score (nSPS) is 12.3. The molecular weight excluding hydrogens is 314 g/mol. The average molecular weight is 339 g/mol. The Kier molecular flexibility index (Phi) is 4.68. The van der Waals surface area contributed by atoms with Crippen LogP contribution in [0.3, 0.4) is 0 Å². The van der Waals surface area contributed by atoms with E-state index in [1.165, 1.54) is 4.31 Å². The van der Waals surface area contributed by atoms with Crippen molar-refractivity contribution >= 4 is 10.0 Å². The van der Waals surface area contributed by atoms with Crippen molar-refractivity contribution in [2.45, 2.75) is 52.6 Å². The van der Waals surface area contributed by atoms with Gasteiger partial charge in [0, 0.05) is 38.4 Å². The van der Waals surface area contributed by atoms with Crippen LogP contribution in [0.25, 0.3) is 0 Å². The van der Waals surface area contributed by atoms with Gasteiger partial charge in [-0.25, -0.2) is 8.42 Å². The summed E-state index contributed by atoms with van der Waals surface area (Å²) in [5.74, 6) is 0. The van der Waals surface area contributed by atoms with Crippen LogP contribution in [-0.4, -0.2) is 39.3 Å². The van der Waals surface area contributed by atoms with E-state index in [2.05, 4.69) is 10.2 Å². The highest BCUT2D eigenvalue weighted by Crippen LogP contribution is 2.24. The molecule has 0 aromatic carbocycles. The second-order valence-electron chi connectivity index (χ2n) is 5.85. The number of hydrogen-bond acceptors (Lipinski definition) is 4. The minimum Gasteiger partial charge on any atom is -0.271 e. The topological polar surface area (TPSA) is 73.0 Å². The Bertz CT molecular complexity index is 833. The van der Waals surface area contributed by atoms with Gasteiger partial charge in [0.2, 0.25) is 10.0 Å². The number of hydrogen-bond donors (Lipinski definition) is 0. The molecule has 0 amide bonds. The molecule has 0 aliphatic rings. The molecule has 0 saturated carbocycles. The first-order valence-electron chi connectivity index (χ1n) is 7.60. The highest BCUT2D eigenvalue weighted by Gasteiger charge is 2.29. The van der Waals surface area contributed by atoms with Crippen molar-refractivity contribution in [1.82, 2.24) is 23.9 Å². The zero-order valence-electron chi connectivity index (χ0n) is 14.9. The maximum absolute atomic E-state index is 12.9. The fraction of sp³-hybridized carbons (Fsp3) is 0.600. The Labute approximate surface area is 138 Å². The van der Waals surface area contributed by atoms with Gasteiger partial charge < -0.3 is 0 Å². The van der Waals surface area contributed by atoms with E-state index in [-0.39, 0.29) is 0 Å². The van der Waals surface area contributed by atoms with E-state index in [1.54, 1.807) is 32.6 Å². The van der Waals surface area contributed by atoms with E-state index in [1.807, 2.05) is 25.5 Å². The first-order valence-corrected chi connectivity index (χ1v) is 9.04. The molecule has 0 saturated heterocycles. The van der Waals surface area contributed by atoms with Crippen molar-refractivity contribution in [3.05, 3.63) is 28.3 Å². The van der Waals surface area contributed by atoms with Gasteiger partial charge in [0.05, 0.1) is 17.1 Å². The van der Waals surface area contributed by atoms with Gasteiger partial charge >= 0.3 is 0 Å². The zero-order chi connectivity index (χ0) is 17.5. The highest BCUT2D eigenvalue weighted by molar-refractivity contribution is 7.89. The molecule has 0 bridgehead atoms. The van der Waals surface area contributed by atoms with Crippen molar-refractivity contribution in [2.24, 2.45) is 7.05 Å². The van der Waals surface area contributed by atoms with E-state index in [0.717, 1.165) is 23.5 Å². The maximum atomic E-state index is 12.9. The summed E-state index contributed by atoms with van der Waals surface area (Å²) >= 11 is 0. The van der Waals surface area contributed by atoms with Crippen LogP contribution in [0.5, 0.6) is 0 Å². The number of sulfonamides is 1. The summed E-state index contributed by atoms with van der Waals surface area (Å²) in [7, 11) is -0.244. The standard InChI is InChI=1S/C15H25N5O2S/c1-8-20-12(4)14(10(2)17-20)9-18(6)23(21,22)15-11(3)16-19(7)13(15)5/h8-9H2,1-7H3. The molecule has 2 aromatic heterocycles. The van der Waals surface area contributed by atoms with Crippen molar-refractivity contribution < 1.29 is 8.42 Å². The molecule has 0 aliphatic heterocycles. The molecule has 0 spiro atoms. The molecule has 2 aromatic rings. The lowest BCUT2D eigenvalue weighted by molar-refractivity contribution is 0.463. The van der Waals surface area contributed by atoms with Gasteiger partial charge in [0.25, 0.3) is 0 Å². The molecule has 23 heavy (non-hydrogen) atoms. The molecule has 0 atom stereocenters. The first kappa shape index (κ1) is 17.7. The van der Waals surface area contributed by atoms with Gasteiger partial charge in [-0.1, -0.05) is 0 Å². The van der Waals surface area contributed by atoms with Crippen LogP contribution in [0.2, 0.25) is 0 Å². The van der Waals surface area contributed by atoms with E-state index in [9.17, 15) is 8.42 Å². The van der Waals surface area contributed by atoms with E-state index < -0.39 is 10.0 Å².